The second-order valence-electron chi connectivity index (χ2n) is 39.2. The number of nitrogens with zero attached hydrogens (tertiary/aromatic N) is 16. The zero-order chi connectivity index (χ0) is 101. The third kappa shape index (κ3) is 31.0. The number of aliphatic hydroxyl groups is 2. The van der Waals surface area contributed by atoms with Crippen LogP contribution < -0.4 is 47.0 Å². The highest BCUT2D eigenvalue weighted by Crippen LogP contribution is 2.44. The van der Waals surface area contributed by atoms with E-state index in [9.17, 15) is 29.4 Å². The van der Waals surface area contributed by atoms with Gasteiger partial charge in [-0.2, -0.15) is 9.97 Å². The lowest BCUT2D eigenvalue weighted by molar-refractivity contribution is 0.00578. The van der Waals surface area contributed by atoms with Crippen LogP contribution in [0.5, 0.6) is 0 Å². The number of anilines is 6. The summed E-state index contributed by atoms with van der Waals surface area (Å²) in [6, 6.07) is 15.2. The van der Waals surface area contributed by atoms with Crippen LogP contribution in [0.4, 0.5) is 35.2 Å². The van der Waals surface area contributed by atoms with Crippen LogP contribution in [0, 0.1) is 0 Å². The Balaban J connectivity index is 0.000000172. The van der Waals surface area contributed by atoms with Crippen molar-refractivity contribution in [1.29, 1.82) is 0 Å². The summed E-state index contributed by atoms with van der Waals surface area (Å²) in [5.41, 5.74) is 0.0552. The smallest absolute Gasteiger partial charge is 0.461 e. The number of hydrogen-bond acceptors (Lipinski definition) is 34. The van der Waals surface area contributed by atoms with Crippen molar-refractivity contribution in [2.24, 2.45) is 0 Å². The number of hydrogen-bond donors (Lipinski definition) is 6. The van der Waals surface area contributed by atoms with Gasteiger partial charge in [0, 0.05) is 159 Å². The van der Waals surface area contributed by atoms with E-state index in [4.69, 9.17) is 63.7 Å². The van der Waals surface area contributed by atoms with E-state index in [1.54, 1.807) is 39.1 Å². The van der Waals surface area contributed by atoms with Crippen LogP contribution in [0.25, 0.3) is 21.9 Å². The summed E-state index contributed by atoms with van der Waals surface area (Å²) in [4.78, 5) is 101. The fraction of sp³-hybridized carbons (Fsp3) is 0.667. The second kappa shape index (κ2) is 51.9. The predicted molar refractivity (Wildman–Crippen MR) is 559 cm³/mol. The van der Waals surface area contributed by atoms with Crippen molar-refractivity contribution < 1.29 is 66.7 Å². The first-order valence-corrected chi connectivity index (χ1v) is 51.8. The Morgan fingerprint density at radius 3 is 1.30 bits per heavy atom. The van der Waals surface area contributed by atoms with Gasteiger partial charge in [-0.05, 0) is 287 Å². The van der Waals surface area contributed by atoms with Gasteiger partial charge < -0.3 is 108 Å². The van der Waals surface area contributed by atoms with Gasteiger partial charge in [0.15, 0.2) is 17.1 Å². The summed E-state index contributed by atoms with van der Waals surface area (Å²) in [7, 11) is 6.89. The van der Waals surface area contributed by atoms with Crippen molar-refractivity contribution >= 4 is 161 Å². The van der Waals surface area contributed by atoms with Crippen LogP contribution in [-0.2, 0) is 42.1 Å². The molecule has 7 aromatic heterocycles. The average Bonchev–Trinajstić information content (AvgIpc) is 1.15. The summed E-state index contributed by atoms with van der Waals surface area (Å²) < 4.78 is 55.1. The number of nitrogens with one attached hydrogen (secondary N) is 4. The van der Waals surface area contributed by atoms with Crippen LogP contribution in [0.1, 0.15) is 232 Å². The summed E-state index contributed by atoms with van der Waals surface area (Å²) in [6.45, 7) is 52.5. The second-order valence-corrected chi connectivity index (χ2v) is 42.2. The number of aliphatic hydroxyl groups excluding tert-OH is 2. The first-order chi connectivity index (χ1) is 65.4. The molecule has 0 radical (unpaired) electrons. The maximum absolute atomic E-state index is 13.9. The Kier molecular flexibility index (Phi) is 42.4. The number of carbonyl (C=O) groups is 3. The first-order valence-electron chi connectivity index (χ1n) is 49.0. The lowest BCUT2D eigenvalue weighted by atomic mass is 9.49. The maximum atomic E-state index is 13.9. The molecule has 0 bridgehead atoms. The Morgan fingerprint density at radius 2 is 0.855 bits per heavy atom. The van der Waals surface area contributed by atoms with E-state index >= 15 is 0 Å². The zero-order valence-electron chi connectivity index (χ0n) is 85.0. The Hall–Kier alpha value is -7.16. The lowest BCUT2D eigenvalue weighted by Crippen LogP contribution is -2.45. The summed E-state index contributed by atoms with van der Waals surface area (Å²) in [6.07, 6.45) is 14.1. The molecular formula is C96H149B3Br3ClN20O15. The molecule has 7 aromatic rings. The molecule has 7 saturated heterocycles. The molecule has 42 heteroatoms. The third-order valence-electron chi connectivity index (χ3n) is 27.1. The van der Waals surface area contributed by atoms with Crippen LogP contribution in [0.3, 0.4) is 0 Å². The SMILES string of the molecule is CC1(C)OB(B2OC(C)(C)C(C)(C)O2)OC1(C)C.CCCCNc1ncc(Br)c(NC2CCC(O)CC2)n1.CCCCNc1ncc2c3ccc(N4CCN(C)CC4)nc3c(=O)n(C3CCC(O)CC3)c2n1.CCOC(=O)c1nc(Cl)ccc1Br.CCOC(=O)c1nc(N2CCN(C)CC2)ccc1B1OC(C)(C)C(C)(C)O1.CCOC(=O)c1nc(N2CCN(C)CC2)ccc1Br.CN1CCNCC1. The number of esters is 3. The lowest BCUT2D eigenvalue weighted by Gasteiger charge is -2.33. The number of carbonyl (C=O) groups excluding carboxylic acids is 3. The molecule has 14 heterocycles. The Bertz CT molecular complexity index is 5070. The molecule has 2 aliphatic carbocycles. The largest absolute Gasteiger partial charge is 0.497 e. The molecule has 7 aliphatic heterocycles. The van der Waals surface area contributed by atoms with Gasteiger partial charge in [0.05, 0.1) is 79.1 Å². The van der Waals surface area contributed by atoms with Crippen molar-refractivity contribution in [1.82, 2.24) is 69.4 Å². The molecule has 0 spiro atoms. The van der Waals surface area contributed by atoms with Crippen molar-refractivity contribution in [2.75, 3.05) is 196 Å². The van der Waals surface area contributed by atoms with Crippen LogP contribution in [0.2, 0.25) is 5.15 Å². The molecule has 0 aromatic carbocycles. The molecule has 16 rings (SSSR count). The van der Waals surface area contributed by atoms with Crippen LogP contribution in [0.15, 0.2) is 79.1 Å². The van der Waals surface area contributed by atoms with E-state index in [0.29, 0.717) is 81.9 Å². The van der Waals surface area contributed by atoms with Crippen LogP contribution >= 0.6 is 59.4 Å². The molecular weight excluding hydrogens is 1980 g/mol. The summed E-state index contributed by atoms with van der Waals surface area (Å²) in [5.74, 6) is 3.21. The van der Waals surface area contributed by atoms with Gasteiger partial charge in [0.25, 0.3) is 5.56 Å². The van der Waals surface area contributed by atoms with Gasteiger partial charge in [0.1, 0.15) is 39.6 Å². The van der Waals surface area contributed by atoms with Crippen molar-refractivity contribution in [3.63, 3.8) is 0 Å². The van der Waals surface area contributed by atoms with E-state index < -0.39 is 44.3 Å². The van der Waals surface area contributed by atoms with E-state index in [1.807, 2.05) is 130 Å². The standard InChI is InChI=1S/C25H35N7O2.C19H30BN3O4.C14H23BrN4O.C13H18BrN3O2.C12H24B2O4.C8H7BrClNO2.C5H12N2/c1-3-4-11-26-25-27-16-20-19-9-10-21(31-14-12-30(2)13-15-31)28-22(19)24(34)32(23(20)29-25)17-5-7-18(33)8-6-17;1-7-25-17(24)16-14(20-26-18(2,3)19(4,5)27-20)8-9-15(21-16)23-12-10-22(6)11-13-23;1-2-3-8-16-14-17-9-12(15)13(19-14)18-10-4-6-11(20)7-5-10;1-3-19-13(18)12-10(14)4-5-11(15-12)17-8-6-16(2)7-9-17;1-9(2)10(3,4)16-13(15-9)14-17-11(5,6)12(7,8)18-14;1-2-13-8(12)7-5(9)3-4-6(10)11-7;1-7-4-2-6-3-5-7/h9-10,16-18,33H,3-8,11-15H2,1-2H3,(H,26,27,29);8-9H,7,10-13H2,1-6H3;9-11,20H,2-8H2,1H3,(H2,16,17,18,19);4-5H,3,6-9H2,1-2H3;1-8H3;3-4H,2H2,1H3;6H,2-5H2,1H3. The van der Waals surface area contributed by atoms with Gasteiger partial charge in [-0.15, -0.1) is 0 Å². The fourth-order valence-corrected chi connectivity index (χ4v) is 17.4. The number of pyridine rings is 5. The van der Waals surface area contributed by atoms with E-state index in [2.05, 4.69) is 175 Å². The molecule has 6 N–H and O–H groups in total. The minimum Gasteiger partial charge on any atom is -0.461 e. The minimum absolute atomic E-state index is 0.00437. The van der Waals surface area contributed by atoms with Crippen LogP contribution in [-0.4, -0.2) is 331 Å². The quantitative estimate of drug-likeness (QED) is 0.00916. The molecule has 0 unspecified atom stereocenters. The molecule has 9 aliphatic rings. The molecule has 35 nitrogen and oxygen atoms in total. The topological polar surface area (TPSA) is 371 Å². The van der Waals surface area contributed by atoms with Gasteiger partial charge in [-0.1, -0.05) is 44.4 Å². The molecule has 760 valence electrons. The number of halogens is 4. The van der Waals surface area contributed by atoms with Crippen molar-refractivity contribution in [3.05, 3.63) is 107 Å². The Morgan fingerprint density at radius 1 is 0.464 bits per heavy atom. The Labute approximate surface area is 847 Å². The molecule has 2 saturated carbocycles. The van der Waals surface area contributed by atoms with Gasteiger partial charge in [-0.25, -0.2) is 44.3 Å². The monoisotopic (exact) mass is 2130 g/mol. The van der Waals surface area contributed by atoms with Gasteiger partial charge in [-0.3, -0.25) is 9.36 Å². The molecule has 138 heavy (non-hydrogen) atoms. The number of aromatic nitrogens is 9. The highest BCUT2D eigenvalue weighted by molar-refractivity contribution is 9.11. The van der Waals surface area contributed by atoms with Crippen molar-refractivity contribution in [3.8, 4) is 0 Å². The van der Waals surface area contributed by atoms with E-state index in [0.717, 1.165) is 207 Å². The average molecular weight is 2130 g/mol. The van der Waals surface area contributed by atoms with E-state index in [1.165, 1.54) is 13.1 Å². The first kappa shape index (κ1) is 113. The number of likely N-dealkylation sites (N-methyl/N-ethyl adjacent to an activating group) is 4. The highest BCUT2D eigenvalue weighted by atomic mass is 79.9. The third-order valence-corrected chi connectivity index (χ3v) is 29.2. The molecule has 9 fully saturated rings. The molecule has 0 atom stereocenters. The normalized spacial score (nSPS) is 21.6. The highest BCUT2D eigenvalue weighted by Gasteiger charge is 2.64. The number of rotatable bonds is 22. The summed E-state index contributed by atoms with van der Waals surface area (Å²) in [5, 5.41) is 34.8. The number of unbranched alkanes of at least 4 members (excludes halogenated alkanes) is 2. The summed E-state index contributed by atoms with van der Waals surface area (Å²) >= 11 is 15.6. The number of piperazine rings is 4. The number of fused-ring (bicyclic) bond motifs is 3. The minimum atomic E-state index is -0.650. The van der Waals surface area contributed by atoms with Gasteiger partial charge in [0.2, 0.25) is 11.9 Å². The molecule has 0 amide bonds. The zero-order valence-corrected chi connectivity index (χ0v) is 90.5. The fourth-order valence-electron chi connectivity index (χ4n) is 16.2. The van der Waals surface area contributed by atoms with E-state index in [-0.39, 0.29) is 68.7 Å². The van der Waals surface area contributed by atoms with Gasteiger partial charge >= 0.3 is 39.0 Å². The maximum Gasteiger partial charge on any atom is 0.497 e. The number of ether oxygens (including phenoxy) is 3. The predicted octanol–water partition coefficient (Wildman–Crippen LogP) is 13.5. The van der Waals surface area contributed by atoms with Crippen molar-refractivity contribution in [2.45, 2.75) is 253 Å².